The summed E-state index contributed by atoms with van der Waals surface area (Å²) in [5.41, 5.74) is 0.673. The minimum atomic E-state index is -0.505. The fourth-order valence-corrected chi connectivity index (χ4v) is 1.84. The fraction of sp³-hybridized carbons (Fsp3) is 0.750. The molecule has 1 rings (SSSR count). The Morgan fingerprint density at radius 2 is 2.29 bits per heavy atom. The van der Waals surface area contributed by atoms with E-state index < -0.39 is 6.10 Å². The van der Waals surface area contributed by atoms with Crippen molar-refractivity contribution in [2.24, 2.45) is 0 Å². The lowest BCUT2D eigenvalue weighted by atomic mass is 9.92. The maximum absolute atomic E-state index is 11.4. The molecular formula is C12H20O2. The van der Waals surface area contributed by atoms with E-state index in [4.69, 9.17) is 0 Å². The standard InChI is InChI=1S/C12H20O2/c1-2-3-4-8-11(13)10-7-5-6-9-12(10)14/h7,11,13H,2-6,8-9H2,1H3/t11-/m1/s1. The van der Waals surface area contributed by atoms with Crippen LogP contribution in [0.15, 0.2) is 11.6 Å². The minimum absolute atomic E-state index is 0.153. The second kappa shape index (κ2) is 5.97. The third-order valence-corrected chi connectivity index (χ3v) is 2.73. The molecule has 80 valence electrons. The predicted molar refractivity (Wildman–Crippen MR) is 57.1 cm³/mol. The van der Waals surface area contributed by atoms with E-state index in [1.165, 1.54) is 0 Å². The van der Waals surface area contributed by atoms with Crippen molar-refractivity contribution in [2.75, 3.05) is 0 Å². The third kappa shape index (κ3) is 3.26. The Labute approximate surface area is 86.0 Å². The number of aliphatic hydroxyl groups excluding tert-OH is 1. The van der Waals surface area contributed by atoms with Crippen molar-refractivity contribution in [3.05, 3.63) is 11.6 Å². The number of carbonyl (C=O) groups is 1. The highest BCUT2D eigenvalue weighted by molar-refractivity contribution is 5.96. The average molecular weight is 196 g/mol. The lowest BCUT2D eigenvalue weighted by Gasteiger charge is -2.17. The molecule has 0 heterocycles. The molecule has 0 radical (unpaired) electrons. The van der Waals surface area contributed by atoms with Gasteiger partial charge in [-0.1, -0.05) is 32.3 Å². The summed E-state index contributed by atoms with van der Waals surface area (Å²) in [6.45, 7) is 2.14. The number of rotatable bonds is 5. The molecule has 0 bridgehead atoms. The van der Waals surface area contributed by atoms with Gasteiger partial charge in [-0.2, -0.15) is 0 Å². The zero-order valence-electron chi connectivity index (χ0n) is 8.96. The summed E-state index contributed by atoms with van der Waals surface area (Å²) >= 11 is 0. The monoisotopic (exact) mass is 196 g/mol. The van der Waals surface area contributed by atoms with Crippen molar-refractivity contribution in [1.29, 1.82) is 0 Å². The van der Waals surface area contributed by atoms with Crippen LogP contribution in [0.2, 0.25) is 0 Å². The van der Waals surface area contributed by atoms with Crippen LogP contribution in [0.4, 0.5) is 0 Å². The maximum atomic E-state index is 11.4. The van der Waals surface area contributed by atoms with Gasteiger partial charge >= 0.3 is 0 Å². The number of allylic oxidation sites excluding steroid dienone is 1. The van der Waals surface area contributed by atoms with Crippen LogP contribution in [0.3, 0.4) is 0 Å². The van der Waals surface area contributed by atoms with E-state index in [9.17, 15) is 9.90 Å². The van der Waals surface area contributed by atoms with Gasteiger partial charge in [0.05, 0.1) is 6.10 Å². The van der Waals surface area contributed by atoms with Crippen molar-refractivity contribution in [3.63, 3.8) is 0 Å². The summed E-state index contributed by atoms with van der Waals surface area (Å²) < 4.78 is 0. The Bertz CT molecular complexity index is 218. The molecular weight excluding hydrogens is 176 g/mol. The molecule has 0 saturated carbocycles. The summed E-state index contributed by atoms with van der Waals surface area (Å²) in [7, 11) is 0. The predicted octanol–water partition coefficient (Wildman–Crippen LogP) is 2.61. The van der Waals surface area contributed by atoms with Crippen LogP contribution in [0.1, 0.15) is 51.9 Å². The van der Waals surface area contributed by atoms with Crippen molar-refractivity contribution >= 4 is 5.78 Å². The number of hydrogen-bond acceptors (Lipinski definition) is 2. The number of ketones is 1. The van der Waals surface area contributed by atoms with Crippen molar-refractivity contribution in [3.8, 4) is 0 Å². The van der Waals surface area contributed by atoms with Crippen LogP contribution >= 0.6 is 0 Å². The Balaban J connectivity index is 2.38. The van der Waals surface area contributed by atoms with Gasteiger partial charge in [0, 0.05) is 12.0 Å². The normalized spacial score (nSPS) is 19.3. The van der Waals surface area contributed by atoms with Gasteiger partial charge < -0.3 is 5.11 Å². The zero-order valence-corrected chi connectivity index (χ0v) is 8.96. The second-order valence-corrected chi connectivity index (χ2v) is 3.99. The molecule has 0 aromatic rings. The molecule has 0 fully saturated rings. The van der Waals surface area contributed by atoms with Gasteiger partial charge in [-0.05, 0) is 19.3 Å². The molecule has 0 unspecified atom stereocenters. The van der Waals surface area contributed by atoms with E-state index in [1.807, 2.05) is 6.08 Å². The van der Waals surface area contributed by atoms with Crippen molar-refractivity contribution in [2.45, 2.75) is 58.0 Å². The van der Waals surface area contributed by atoms with E-state index in [0.29, 0.717) is 12.0 Å². The van der Waals surface area contributed by atoms with Crippen LogP contribution < -0.4 is 0 Å². The zero-order chi connectivity index (χ0) is 10.4. The Morgan fingerprint density at radius 1 is 1.50 bits per heavy atom. The second-order valence-electron chi connectivity index (χ2n) is 3.99. The van der Waals surface area contributed by atoms with Gasteiger partial charge in [0.15, 0.2) is 5.78 Å². The van der Waals surface area contributed by atoms with Gasteiger partial charge in [-0.3, -0.25) is 4.79 Å². The molecule has 0 amide bonds. The number of hydrogen-bond donors (Lipinski definition) is 1. The minimum Gasteiger partial charge on any atom is -0.388 e. The molecule has 1 aliphatic rings. The Kier molecular flexibility index (Phi) is 4.88. The molecule has 0 aromatic heterocycles. The molecule has 0 aromatic carbocycles. The first-order chi connectivity index (χ1) is 6.75. The van der Waals surface area contributed by atoms with E-state index in [1.54, 1.807) is 0 Å². The first-order valence-electron chi connectivity index (χ1n) is 5.67. The van der Waals surface area contributed by atoms with Crippen LogP contribution in [0.5, 0.6) is 0 Å². The van der Waals surface area contributed by atoms with Gasteiger partial charge in [0.2, 0.25) is 0 Å². The van der Waals surface area contributed by atoms with Gasteiger partial charge in [0.1, 0.15) is 0 Å². The van der Waals surface area contributed by atoms with Crippen LogP contribution in [0, 0.1) is 0 Å². The van der Waals surface area contributed by atoms with Crippen LogP contribution in [-0.4, -0.2) is 17.0 Å². The molecule has 0 saturated heterocycles. The summed E-state index contributed by atoms with van der Waals surface area (Å²) in [4.78, 5) is 11.4. The lowest BCUT2D eigenvalue weighted by Crippen LogP contribution is -2.20. The van der Waals surface area contributed by atoms with Gasteiger partial charge in [-0.25, -0.2) is 0 Å². The van der Waals surface area contributed by atoms with Gasteiger partial charge in [0.25, 0.3) is 0 Å². The number of Topliss-reactive ketones (excluding diaryl/α,β-unsaturated/α-hetero) is 1. The fourth-order valence-electron chi connectivity index (χ4n) is 1.84. The Hall–Kier alpha value is -0.630. The molecule has 1 N–H and O–H groups in total. The van der Waals surface area contributed by atoms with E-state index in [2.05, 4.69) is 6.92 Å². The van der Waals surface area contributed by atoms with Crippen molar-refractivity contribution < 1.29 is 9.90 Å². The number of unbranched alkanes of at least 4 members (excludes halogenated alkanes) is 2. The summed E-state index contributed by atoms with van der Waals surface area (Å²) in [5.74, 6) is 0.153. The van der Waals surface area contributed by atoms with E-state index in [-0.39, 0.29) is 5.78 Å². The topological polar surface area (TPSA) is 37.3 Å². The highest BCUT2D eigenvalue weighted by Crippen LogP contribution is 2.20. The molecule has 2 heteroatoms. The SMILES string of the molecule is CCCCC[C@@H](O)C1=CCCCC1=O. The molecule has 0 spiro atoms. The van der Waals surface area contributed by atoms with Gasteiger partial charge in [-0.15, -0.1) is 0 Å². The quantitative estimate of drug-likeness (QED) is 0.686. The third-order valence-electron chi connectivity index (χ3n) is 2.73. The largest absolute Gasteiger partial charge is 0.388 e. The first kappa shape index (κ1) is 11.4. The molecule has 0 aliphatic heterocycles. The summed E-state index contributed by atoms with van der Waals surface area (Å²) in [6, 6.07) is 0. The first-order valence-corrected chi connectivity index (χ1v) is 5.67. The highest BCUT2D eigenvalue weighted by atomic mass is 16.3. The molecule has 2 nitrogen and oxygen atoms in total. The van der Waals surface area contributed by atoms with Crippen molar-refractivity contribution in [1.82, 2.24) is 0 Å². The van der Waals surface area contributed by atoms with Crippen LogP contribution in [0.25, 0.3) is 0 Å². The smallest absolute Gasteiger partial charge is 0.161 e. The molecule has 14 heavy (non-hydrogen) atoms. The highest BCUT2D eigenvalue weighted by Gasteiger charge is 2.20. The molecule has 1 aliphatic carbocycles. The number of carbonyl (C=O) groups excluding carboxylic acids is 1. The Morgan fingerprint density at radius 3 is 2.93 bits per heavy atom. The summed E-state index contributed by atoms with van der Waals surface area (Å²) in [5, 5.41) is 9.78. The van der Waals surface area contributed by atoms with E-state index in [0.717, 1.165) is 38.5 Å². The average Bonchev–Trinajstić information content (AvgIpc) is 2.18. The number of aliphatic hydroxyl groups is 1. The van der Waals surface area contributed by atoms with E-state index >= 15 is 0 Å². The lowest BCUT2D eigenvalue weighted by molar-refractivity contribution is -0.117. The van der Waals surface area contributed by atoms with Crippen LogP contribution in [-0.2, 0) is 4.79 Å². The molecule has 1 atom stereocenters. The summed E-state index contributed by atoms with van der Waals surface area (Å²) in [6.07, 6.45) is 7.98. The maximum Gasteiger partial charge on any atom is 0.161 e.